The van der Waals surface area contributed by atoms with Crippen LogP contribution < -0.4 is 0 Å². The van der Waals surface area contributed by atoms with Gasteiger partial charge in [-0.1, -0.05) is 124 Å². The Morgan fingerprint density at radius 1 is 0.595 bits per heavy atom. The van der Waals surface area contributed by atoms with Crippen molar-refractivity contribution in [3.05, 3.63) is 141 Å². The lowest BCUT2D eigenvalue weighted by Gasteiger charge is -2.40. The average Bonchev–Trinajstić information content (AvgIpc) is 2.87. The maximum absolute atomic E-state index is 16.9. The van der Waals surface area contributed by atoms with Crippen LogP contribution in [0.1, 0.15) is 101 Å². The van der Waals surface area contributed by atoms with Crippen molar-refractivity contribution in [2.75, 3.05) is 6.16 Å². The normalized spacial score (nSPS) is 15.6. The fourth-order valence-corrected chi connectivity index (χ4v) is 12.6. The summed E-state index contributed by atoms with van der Waals surface area (Å²) in [5.74, 6) is 0.297. The molecule has 3 atom stereocenters. The summed E-state index contributed by atoms with van der Waals surface area (Å²) in [6.07, 6.45) is 1.71. The summed E-state index contributed by atoms with van der Waals surface area (Å²) in [6, 6.07) is 30.6. The fourth-order valence-electron chi connectivity index (χ4n) is 7.75. The van der Waals surface area contributed by atoms with Gasteiger partial charge in [0.1, 0.15) is 7.14 Å². The fraction of sp³-hybridized carbons (Fsp3) is 0.400. The minimum atomic E-state index is -3.11. The van der Waals surface area contributed by atoms with Crippen molar-refractivity contribution >= 4 is 7.14 Å². The van der Waals surface area contributed by atoms with Gasteiger partial charge >= 0.3 is 0 Å². The first-order valence-corrected chi connectivity index (χ1v) is 17.6. The Balaban J connectivity index is 2.14. The SMILES string of the molecule is Cc1cc(C)c(C(c2ccccc2)P(=O)(CC(C)CC(C)(C)C)C(c2ccccc2)c2c(C)cc(C)cc2C)c(C)c1. The highest BCUT2D eigenvalue weighted by atomic mass is 31.2. The van der Waals surface area contributed by atoms with E-state index in [1.165, 1.54) is 44.5 Å². The Kier molecular flexibility index (Phi) is 9.74. The van der Waals surface area contributed by atoms with Gasteiger partial charge in [-0.3, -0.25) is 0 Å². The molecule has 0 N–H and O–H groups in total. The lowest BCUT2D eigenvalue weighted by Crippen LogP contribution is -2.21. The van der Waals surface area contributed by atoms with Crippen molar-refractivity contribution in [3.8, 4) is 0 Å². The molecule has 4 rings (SSSR count). The maximum atomic E-state index is 16.9. The van der Waals surface area contributed by atoms with Gasteiger partial charge in [-0.2, -0.15) is 0 Å². The quantitative estimate of drug-likeness (QED) is 0.181. The molecular formula is C40H51OP. The molecule has 0 radical (unpaired) electrons. The summed E-state index contributed by atoms with van der Waals surface area (Å²) in [4.78, 5) is 0. The Labute approximate surface area is 256 Å². The van der Waals surface area contributed by atoms with Gasteiger partial charge in [-0.05, 0) is 104 Å². The van der Waals surface area contributed by atoms with Gasteiger partial charge in [-0.25, -0.2) is 0 Å². The topological polar surface area (TPSA) is 17.1 Å². The van der Waals surface area contributed by atoms with Crippen LogP contribution in [0.25, 0.3) is 0 Å². The Bertz CT molecular complexity index is 1410. The Morgan fingerprint density at radius 3 is 1.24 bits per heavy atom. The highest BCUT2D eigenvalue weighted by molar-refractivity contribution is 7.65. The zero-order valence-corrected chi connectivity index (χ0v) is 28.5. The minimum Gasteiger partial charge on any atom is -0.322 e. The summed E-state index contributed by atoms with van der Waals surface area (Å²) in [6.45, 7) is 22.4. The lowest BCUT2D eigenvalue weighted by atomic mass is 9.86. The molecular weight excluding hydrogens is 527 g/mol. The molecule has 0 amide bonds. The number of hydrogen-bond donors (Lipinski definition) is 0. The largest absolute Gasteiger partial charge is 0.322 e. The number of hydrogen-bond acceptors (Lipinski definition) is 1. The molecule has 0 aromatic heterocycles. The molecule has 2 heteroatoms. The van der Waals surface area contributed by atoms with Crippen molar-refractivity contribution in [2.24, 2.45) is 11.3 Å². The lowest BCUT2D eigenvalue weighted by molar-refractivity contribution is 0.320. The second-order valence-electron chi connectivity index (χ2n) is 14.2. The summed E-state index contributed by atoms with van der Waals surface area (Å²) in [5.41, 5.74) is 11.9. The zero-order valence-electron chi connectivity index (χ0n) is 27.6. The molecule has 1 nitrogen and oxygen atoms in total. The van der Waals surface area contributed by atoms with Gasteiger partial charge < -0.3 is 4.57 Å². The molecule has 3 unspecified atom stereocenters. The van der Waals surface area contributed by atoms with E-state index in [0.717, 1.165) is 17.5 Å². The summed E-state index contributed by atoms with van der Waals surface area (Å²) in [7, 11) is -3.11. The molecule has 0 aliphatic carbocycles. The van der Waals surface area contributed by atoms with E-state index in [4.69, 9.17) is 0 Å². The summed E-state index contributed by atoms with van der Waals surface area (Å²) < 4.78 is 16.9. The van der Waals surface area contributed by atoms with Crippen LogP contribution in [-0.2, 0) is 4.57 Å². The van der Waals surface area contributed by atoms with Gasteiger partial charge in [0.15, 0.2) is 0 Å². The average molecular weight is 579 g/mol. The van der Waals surface area contributed by atoms with E-state index in [-0.39, 0.29) is 16.7 Å². The minimum absolute atomic E-state index is 0.153. The van der Waals surface area contributed by atoms with E-state index in [1.54, 1.807) is 0 Å². The van der Waals surface area contributed by atoms with Crippen LogP contribution in [0.3, 0.4) is 0 Å². The van der Waals surface area contributed by atoms with Crippen molar-refractivity contribution in [3.63, 3.8) is 0 Å². The van der Waals surface area contributed by atoms with E-state index in [1.807, 2.05) is 0 Å². The maximum Gasteiger partial charge on any atom is 0.111 e. The van der Waals surface area contributed by atoms with Gasteiger partial charge in [-0.15, -0.1) is 0 Å². The zero-order chi connectivity index (χ0) is 30.8. The molecule has 0 fully saturated rings. The second kappa shape index (κ2) is 12.8. The van der Waals surface area contributed by atoms with Crippen LogP contribution in [0.2, 0.25) is 0 Å². The molecule has 0 heterocycles. The molecule has 0 spiro atoms. The molecule has 4 aromatic rings. The third kappa shape index (κ3) is 7.01. The van der Waals surface area contributed by atoms with E-state index in [2.05, 4.69) is 154 Å². The standard InChI is InChI=1S/C40H51OP/c1-27-21-30(4)36(31(5)22-27)38(34-17-13-11-14-18-34)42(41,26-29(3)25-40(8,9)10)39(35-19-15-12-16-20-35)37-32(6)23-28(2)24-33(37)7/h11-24,29,38-39H,25-26H2,1-10H3. The number of aryl methyl sites for hydroxylation is 6. The predicted molar refractivity (Wildman–Crippen MR) is 184 cm³/mol. The van der Waals surface area contributed by atoms with Gasteiger partial charge in [0.25, 0.3) is 0 Å². The molecule has 0 aliphatic rings. The van der Waals surface area contributed by atoms with Gasteiger partial charge in [0.05, 0.1) is 11.3 Å². The summed E-state index contributed by atoms with van der Waals surface area (Å²) in [5, 5.41) is 0. The summed E-state index contributed by atoms with van der Waals surface area (Å²) >= 11 is 0. The number of rotatable bonds is 9. The molecule has 0 aliphatic heterocycles. The highest BCUT2D eigenvalue weighted by Gasteiger charge is 2.46. The van der Waals surface area contributed by atoms with E-state index in [0.29, 0.717) is 12.1 Å². The second-order valence-corrected chi connectivity index (χ2v) is 17.3. The number of benzene rings is 4. The van der Waals surface area contributed by atoms with Crippen molar-refractivity contribution in [2.45, 2.75) is 87.0 Å². The van der Waals surface area contributed by atoms with Gasteiger partial charge in [0.2, 0.25) is 0 Å². The van der Waals surface area contributed by atoms with Crippen LogP contribution in [-0.4, -0.2) is 6.16 Å². The van der Waals surface area contributed by atoms with E-state index in [9.17, 15) is 0 Å². The molecule has 0 saturated heterocycles. The first kappa shape index (κ1) is 32.0. The van der Waals surface area contributed by atoms with E-state index < -0.39 is 7.14 Å². The molecule has 42 heavy (non-hydrogen) atoms. The van der Waals surface area contributed by atoms with Crippen LogP contribution in [0.5, 0.6) is 0 Å². The van der Waals surface area contributed by atoms with Crippen molar-refractivity contribution in [1.82, 2.24) is 0 Å². The highest BCUT2D eigenvalue weighted by Crippen LogP contribution is 2.74. The van der Waals surface area contributed by atoms with Crippen LogP contribution in [0.4, 0.5) is 0 Å². The Hall–Kier alpha value is -2.89. The molecule has 222 valence electrons. The first-order valence-electron chi connectivity index (χ1n) is 15.5. The van der Waals surface area contributed by atoms with Crippen molar-refractivity contribution in [1.29, 1.82) is 0 Å². The van der Waals surface area contributed by atoms with Crippen LogP contribution in [0, 0.1) is 52.9 Å². The molecule has 0 saturated carbocycles. The van der Waals surface area contributed by atoms with E-state index >= 15 is 4.57 Å². The third-order valence-corrected chi connectivity index (χ3v) is 12.7. The van der Waals surface area contributed by atoms with Crippen LogP contribution in [0.15, 0.2) is 84.9 Å². The Morgan fingerprint density at radius 2 is 0.929 bits per heavy atom. The third-order valence-electron chi connectivity index (χ3n) is 8.69. The first-order chi connectivity index (χ1) is 19.7. The predicted octanol–water partition coefficient (Wildman–Crippen LogP) is 11.9. The van der Waals surface area contributed by atoms with Crippen molar-refractivity contribution < 1.29 is 4.57 Å². The van der Waals surface area contributed by atoms with Gasteiger partial charge in [0, 0.05) is 6.16 Å². The molecule has 0 bridgehead atoms. The smallest absolute Gasteiger partial charge is 0.111 e. The van der Waals surface area contributed by atoms with Crippen LogP contribution >= 0.6 is 7.14 Å². The molecule has 4 aromatic carbocycles. The monoisotopic (exact) mass is 578 g/mol.